The summed E-state index contributed by atoms with van der Waals surface area (Å²) in [5.41, 5.74) is 4.27. The van der Waals surface area contributed by atoms with Gasteiger partial charge in [-0.3, -0.25) is 4.79 Å². The van der Waals surface area contributed by atoms with Crippen LogP contribution in [0.15, 0.2) is 46.9 Å². The Morgan fingerprint density at radius 3 is 2.79 bits per heavy atom. The minimum Gasteiger partial charge on any atom is -0.436 e. The van der Waals surface area contributed by atoms with Gasteiger partial charge >= 0.3 is 0 Å². The van der Waals surface area contributed by atoms with Gasteiger partial charge in [-0.2, -0.15) is 0 Å². The van der Waals surface area contributed by atoms with Crippen LogP contribution in [0, 0.1) is 12.8 Å². The molecule has 3 aromatic rings. The minimum atomic E-state index is 0.00221. The zero-order chi connectivity index (χ0) is 17.1. The van der Waals surface area contributed by atoms with Crippen molar-refractivity contribution in [1.82, 2.24) is 4.98 Å². The van der Waals surface area contributed by atoms with Crippen molar-refractivity contribution >= 4 is 22.7 Å². The normalized spacial score (nSPS) is 12.3. The number of carbonyl (C=O) groups is 1. The quantitative estimate of drug-likeness (QED) is 0.704. The Morgan fingerprint density at radius 1 is 1.25 bits per heavy atom. The monoisotopic (exact) mass is 322 g/mol. The number of para-hydroxylation sites is 2. The molecule has 24 heavy (non-hydrogen) atoms. The fraction of sp³-hybridized carbons (Fsp3) is 0.300. The molecular formula is C20H22N2O2. The lowest BCUT2D eigenvalue weighted by Crippen LogP contribution is -2.20. The van der Waals surface area contributed by atoms with Crippen molar-refractivity contribution in [3.05, 3.63) is 48.0 Å². The zero-order valence-electron chi connectivity index (χ0n) is 14.3. The van der Waals surface area contributed by atoms with E-state index in [1.165, 1.54) is 0 Å². The first kappa shape index (κ1) is 16.2. The van der Waals surface area contributed by atoms with Gasteiger partial charge in [-0.15, -0.1) is 0 Å². The van der Waals surface area contributed by atoms with Gasteiger partial charge in [-0.1, -0.05) is 38.5 Å². The van der Waals surface area contributed by atoms with E-state index in [4.69, 9.17) is 4.42 Å². The number of rotatable bonds is 5. The van der Waals surface area contributed by atoms with E-state index in [1.54, 1.807) is 0 Å². The number of hydrogen-bond acceptors (Lipinski definition) is 3. The lowest BCUT2D eigenvalue weighted by molar-refractivity contribution is -0.119. The fourth-order valence-corrected chi connectivity index (χ4v) is 2.71. The molecule has 0 aliphatic rings. The third kappa shape index (κ3) is 3.32. The molecule has 1 aromatic heterocycles. The lowest BCUT2D eigenvalue weighted by Gasteiger charge is -2.13. The van der Waals surface area contributed by atoms with Gasteiger partial charge in [0.2, 0.25) is 11.8 Å². The summed E-state index contributed by atoms with van der Waals surface area (Å²) in [6.45, 7) is 6.03. The Bertz CT molecular complexity index is 834. The smallest absolute Gasteiger partial charge is 0.227 e. The molecular weight excluding hydrogens is 300 g/mol. The van der Waals surface area contributed by atoms with Crippen molar-refractivity contribution in [2.24, 2.45) is 5.92 Å². The summed E-state index contributed by atoms with van der Waals surface area (Å²) in [5, 5.41) is 3.03. The van der Waals surface area contributed by atoms with E-state index in [1.807, 2.05) is 56.3 Å². The molecule has 1 N–H and O–H groups in total. The highest BCUT2D eigenvalue weighted by molar-refractivity contribution is 5.93. The molecule has 0 saturated heterocycles. The number of aromatic nitrogens is 1. The Balaban J connectivity index is 1.89. The molecule has 4 nitrogen and oxygen atoms in total. The van der Waals surface area contributed by atoms with Crippen LogP contribution in [-0.4, -0.2) is 10.9 Å². The average molecular weight is 322 g/mol. The van der Waals surface area contributed by atoms with E-state index in [2.05, 4.69) is 17.2 Å². The number of aryl methyl sites for hydroxylation is 1. The molecule has 1 amide bonds. The predicted molar refractivity (Wildman–Crippen MR) is 96.9 cm³/mol. The average Bonchev–Trinajstić information content (AvgIpc) is 3.01. The fourth-order valence-electron chi connectivity index (χ4n) is 2.71. The second-order valence-corrected chi connectivity index (χ2v) is 6.20. The predicted octanol–water partition coefficient (Wildman–Crippen LogP) is 5.18. The van der Waals surface area contributed by atoms with E-state index in [-0.39, 0.29) is 11.8 Å². The number of amides is 1. The van der Waals surface area contributed by atoms with Crippen LogP contribution in [0.1, 0.15) is 32.3 Å². The van der Waals surface area contributed by atoms with Crippen LogP contribution in [0.2, 0.25) is 0 Å². The molecule has 0 fully saturated rings. The van der Waals surface area contributed by atoms with Gasteiger partial charge in [0.05, 0.1) is 0 Å². The zero-order valence-corrected chi connectivity index (χ0v) is 14.3. The van der Waals surface area contributed by atoms with Gasteiger partial charge < -0.3 is 9.73 Å². The first-order valence-corrected chi connectivity index (χ1v) is 8.36. The maximum Gasteiger partial charge on any atom is 0.227 e. The Morgan fingerprint density at radius 2 is 2.04 bits per heavy atom. The molecule has 0 aliphatic carbocycles. The maximum atomic E-state index is 12.3. The standard InChI is InChI=1S/C20H22N2O2/c1-4-7-14(3)19(23)21-17-12-15(11-10-13(17)2)20-22-16-8-5-6-9-18(16)24-20/h5-6,8-12,14H,4,7H2,1-3H3,(H,21,23). The lowest BCUT2D eigenvalue weighted by atomic mass is 10.0. The van der Waals surface area contributed by atoms with E-state index in [0.717, 1.165) is 40.8 Å². The number of nitrogens with zero attached hydrogens (tertiary/aromatic N) is 1. The third-order valence-corrected chi connectivity index (χ3v) is 4.21. The van der Waals surface area contributed by atoms with Gasteiger partial charge in [0.15, 0.2) is 5.58 Å². The minimum absolute atomic E-state index is 0.00221. The van der Waals surface area contributed by atoms with E-state index < -0.39 is 0 Å². The first-order chi connectivity index (χ1) is 11.6. The maximum absolute atomic E-state index is 12.3. The summed E-state index contributed by atoms with van der Waals surface area (Å²) < 4.78 is 5.82. The van der Waals surface area contributed by atoms with Gasteiger partial charge in [0, 0.05) is 17.2 Å². The number of carbonyl (C=O) groups excluding carboxylic acids is 1. The van der Waals surface area contributed by atoms with Crippen LogP contribution in [-0.2, 0) is 4.79 Å². The number of benzene rings is 2. The number of fused-ring (bicyclic) bond motifs is 1. The largest absolute Gasteiger partial charge is 0.436 e. The second-order valence-electron chi connectivity index (χ2n) is 6.20. The molecule has 0 bridgehead atoms. The highest BCUT2D eigenvalue weighted by Gasteiger charge is 2.15. The van der Waals surface area contributed by atoms with Crippen molar-refractivity contribution in [2.45, 2.75) is 33.6 Å². The van der Waals surface area contributed by atoms with E-state index in [0.29, 0.717) is 5.89 Å². The molecule has 0 radical (unpaired) electrons. The Labute approximate surface area is 141 Å². The summed E-state index contributed by atoms with van der Waals surface area (Å²) in [6.07, 6.45) is 1.88. The van der Waals surface area contributed by atoms with Gasteiger partial charge in [-0.05, 0) is 43.2 Å². The van der Waals surface area contributed by atoms with Crippen molar-refractivity contribution in [3.63, 3.8) is 0 Å². The van der Waals surface area contributed by atoms with Gasteiger partial charge in [-0.25, -0.2) is 4.98 Å². The topological polar surface area (TPSA) is 55.1 Å². The molecule has 124 valence electrons. The molecule has 0 spiro atoms. The van der Waals surface area contributed by atoms with Crippen LogP contribution in [0.3, 0.4) is 0 Å². The molecule has 4 heteroatoms. The summed E-state index contributed by atoms with van der Waals surface area (Å²) in [5.74, 6) is 0.616. The van der Waals surface area contributed by atoms with Crippen molar-refractivity contribution in [1.29, 1.82) is 0 Å². The van der Waals surface area contributed by atoms with E-state index >= 15 is 0 Å². The second kappa shape index (κ2) is 6.87. The van der Waals surface area contributed by atoms with Crippen molar-refractivity contribution in [2.75, 3.05) is 5.32 Å². The van der Waals surface area contributed by atoms with Crippen LogP contribution in [0.25, 0.3) is 22.6 Å². The molecule has 1 heterocycles. The Kier molecular flexibility index (Phi) is 4.65. The highest BCUT2D eigenvalue weighted by atomic mass is 16.3. The van der Waals surface area contributed by atoms with Crippen LogP contribution in [0.4, 0.5) is 5.69 Å². The molecule has 0 aliphatic heterocycles. The van der Waals surface area contributed by atoms with Crippen molar-refractivity contribution < 1.29 is 9.21 Å². The van der Waals surface area contributed by atoms with E-state index in [9.17, 15) is 4.79 Å². The molecule has 3 rings (SSSR count). The van der Waals surface area contributed by atoms with Crippen LogP contribution >= 0.6 is 0 Å². The number of oxazole rings is 1. The van der Waals surface area contributed by atoms with Gasteiger partial charge in [0.1, 0.15) is 5.52 Å². The number of nitrogens with one attached hydrogen (secondary N) is 1. The van der Waals surface area contributed by atoms with Crippen LogP contribution < -0.4 is 5.32 Å². The van der Waals surface area contributed by atoms with Crippen molar-refractivity contribution in [3.8, 4) is 11.5 Å². The third-order valence-electron chi connectivity index (χ3n) is 4.21. The molecule has 2 aromatic carbocycles. The number of anilines is 1. The SMILES string of the molecule is CCCC(C)C(=O)Nc1cc(-c2nc3ccccc3o2)ccc1C. The van der Waals surface area contributed by atoms with Gasteiger partial charge in [0.25, 0.3) is 0 Å². The summed E-state index contributed by atoms with van der Waals surface area (Å²) in [6, 6.07) is 13.5. The Hall–Kier alpha value is -2.62. The highest BCUT2D eigenvalue weighted by Crippen LogP contribution is 2.28. The first-order valence-electron chi connectivity index (χ1n) is 8.36. The summed E-state index contributed by atoms with van der Waals surface area (Å²) >= 11 is 0. The molecule has 1 unspecified atom stereocenters. The molecule has 1 atom stereocenters. The van der Waals surface area contributed by atoms with Crippen LogP contribution in [0.5, 0.6) is 0 Å². The summed E-state index contributed by atoms with van der Waals surface area (Å²) in [4.78, 5) is 16.8. The molecule has 0 saturated carbocycles. The summed E-state index contributed by atoms with van der Waals surface area (Å²) in [7, 11) is 0. The number of hydrogen-bond donors (Lipinski definition) is 1.